The number of aromatic nitrogens is 2. The highest BCUT2D eigenvalue weighted by Gasteiger charge is 2.21. The van der Waals surface area contributed by atoms with Crippen LogP contribution >= 0.6 is 11.8 Å². The molecule has 0 saturated heterocycles. The first kappa shape index (κ1) is 22.1. The van der Waals surface area contributed by atoms with Crippen molar-refractivity contribution in [2.75, 3.05) is 13.2 Å². The maximum absolute atomic E-state index is 13.5. The molecule has 0 aliphatic rings. The van der Waals surface area contributed by atoms with Crippen molar-refractivity contribution >= 4 is 28.4 Å². The van der Waals surface area contributed by atoms with E-state index in [1.54, 1.807) is 35.8 Å². The first-order chi connectivity index (χ1) is 14.4. The number of ketones is 1. The van der Waals surface area contributed by atoms with E-state index in [9.17, 15) is 18.4 Å². The third kappa shape index (κ3) is 4.94. The number of ether oxygens (including phenoxy) is 1. The number of carbonyl (C=O) groups excluding carboxylic acids is 1. The van der Waals surface area contributed by atoms with E-state index >= 15 is 0 Å². The van der Waals surface area contributed by atoms with E-state index in [0.717, 1.165) is 23.9 Å². The average molecular weight is 432 g/mol. The molecule has 0 saturated carbocycles. The van der Waals surface area contributed by atoms with Crippen LogP contribution in [-0.2, 0) is 11.3 Å². The van der Waals surface area contributed by atoms with Crippen LogP contribution in [-0.4, -0.2) is 33.8 Å². The maximum atomic E-state index is 13.5. The highest BCUT2D eigenvalue weighted by Crippen LogP contribution is 2.25. The minimum Gasteiger partial charge on any atom is -0.382 e. The molecule has 0 radical (unpaired) electrons. The van der Waals surface area contributed by atoms with Gasteiger partial charge in [0.1, 0.15) is 0 Å². The Labute approximate surface area is 177 Å². The summed E-state index contributed by atoms with van der Waals surface area (Å²) in [6.45, 7) is 5.04. The molecule has 1 aromatic heterocycles. The predicted octanol–water partition coefficient (Wildman–Crippen LogP) is 4.46. The van der Waals surface area contributed by atoms with Crippen molar-refractivity contribution in [1.29, 1.82) is 0 Å². The number of halogens is 2. The SMILES string of the molecule is CCOCCCn1c(SC(C)C(=O)c2ccc(F)c(F)c2)nc2ccccc2c1=O. The molecule has 2 aromatic carbocycles. The van der Waals surface area contributed by atoms with E-state index in [1.807, 2.05) is 6.92 Å². The maximum Gasteiger partial charge on any atom is 0.262 e. The van der Waals surface area contributed by atoms with Gasteiger partial charge in [-0.3, -0.25) is 14.2 Å². The standard InChI is InChI=1S/C22H22F2N2O3S/c1-3-29-12-6-11-26-21(28)16-7-4-5-8-19(16)25-22(26)30-14(2)20(27)15-9-10-17(23)18(24)13-15/h4-5,7-10,13-14H,3,6,11-12H2,1-2H3. The van der Waals surface area contributed by atoms with Crippen molar-refractivity contribution in [2.45, 2.75) is 37.2 Å². The molecule has 0 aliphatic carbocycles. The Kier molecular flexibility index (Phi) is 7.33. The van der Waals surface area contributed by atoms with Gasteiger partial charge in [-0.25, -0.2) is 13.8 Å². The second-order valence-electron chi connectivity index (χ2n) is 6.67. The molecule has 5 nitrogen and oxygen atoms in total. The monoisotopic (exact) mass is 432 g/mol. The molecule has 0 N–H and O–H groups in total. The van der Waals surface area contributed by atoms with Gasteiger partial charge < -0.3 is 4.74 Å². The highest BCUT2D eigenvalue weighted by molar-refractivity contribution is 8.00. The fourth-order valence-electron chi connectivity index (χ4n) is 3.00. The lowest BCUT2D eigenvalue weighted by Crippen LogP contribution is -2.25. The molecule has 158 valence electrons. The molecule has 0 spiro atoms. The summed E-state index contributed by atoms with van der Waals surface area (Å²) in [6.07, 6.45) is 0.618. The number of para-hydroxylation sites is 1. The zero-order valence-electron chi connectivity index (χ0n) is 16.7. The van der Waals surface area contributed by atoms with Crippen molar-refractivity contribution in [1.82, 2.24) is 9.55 Å². The largest absolute Gasteiger partial charge is 0.382 e. The average Bonchev–Trinajstić information content (AvgIpc) is 2.74. The number of Topliss-reactive ketones (excluding diaryl/α,β-unsaturated/α-hetero) is 1. The quantitative estimate of drug-likeness (QED) is 0.216. The molecule has 0 bridgehead atoms. The number of hydrogen-bond acceptors (Lipinski definition) is 5. The third-order valence-corrected chi connectivity index (χ3v) is 5.65. The van der Waals surface area contributed by atoms with Crippen LogP contribution in [0, 0.1) is 11.6 Å². The fourth-order valence-corrected chi connectivity index (χ4v) is 4.01. The van der Waals surface area contributed by atoms with Crippen LogP contribution in [0.4, 0.5) is 8.78 Å². The first-order valence-corrected chi connectivity index (χ1v) is 10.5. The number of hydrogen-bond donors (Lipinski definition) is 0. The van der Waals surface area contributed by atoms with Gasteiger partial charge in [0.05, 0.1) is 16.2 Å². The summed E-state index contributed by atoms with van der Waals surface area (Å²) in [4.78, 5) is 30.3. The molecular weight excluding hydrogens is 410 g/mol. The number of carbonyl (C=O) groups is 1. The smallest absolute Gasteiger partial charge is 0.262 e. The van der Waals surface area contributed by atoms with Gasteiger partial charge in [-0.15, -0.1) is 0 Å². The molecule has 30 heavy (non-hydrogen) atoms. The van der Waals surface area contributed by atoms with Crippen molar-refractivity contribution in [2.24, 2.45) is 0 Å². The lowest BCUT2D eigenvalue weighted by Gasteiger charge is -2.16. The number of benzene rings is 2. The van der Waals surface area contributed by atoms with Gasteiger partial charge in [-0.2, -0.15) is 0 Å². The van der Waals surface area contributed by atoms with Crippen molar-refractivity contribution < 1.29 is 18.3 Å². The van der Waals surface area contributed by atoms with Crippen LogP contribution in [0.1, 0.15) is 30.6 Å². The van der Waals surface area contributed by atoms with Crippen LogP contribution in [0.2, 0.25) is 0 Å². The molecule has 0 fully saturated rings. The van der Waals surface area contributed by atoms with Crippen molar-refractivity contribution in [3.8, 4) is 0 Å². The van der Waals surface area contributed by atoms with E-state index in [-0.39, 0.29) is 16.9 Å². The Balaban J connectivity index is 1.91. The Morgan fingerprint density at radius 2 is 1.97 bits per heavy atom. The topological polar surface area (TPSA) is 61.2 Å². The Morgan fingerprint density at radius 3 is 2.70 bits per heavy atom. The first-order valence-electron chi connectivity index (χ1n) is 9.65. The number of fused-ring (bicyclic) bond motifs is 1. The van der Waals surface area contributed by atoms with E-state index in [2.05, 4.69) is 4.98 Å². The number of nitrogens with zero attached hydrogens (tertiary/aromatic N) is 2. The minimum absolute atomic E-state index is 0.0694. The van der Waals surface area contributed by atoms with Gasteiger partial charge in [0.2, 0.25) is 0 Å². The molecule has 0 aliphatic heterocycles. The third-order valence-electron chi connectivity index (χ3n) is 4.56. The van der Waals surface area contributed by atoms with E-state index in [1.165, 1.54) is 6.07 Å². The van der Waals surface area contributed by atoms with E-state index in [0.29, 0.717) is 42.2 Å². The predicted molar refractivity (Wildman–Crippen MR) is 113 cm³/mol. The lowest BCUT2D eigenvalue weighted by atomic mass is 10.1. The molecule has 1 heterocycles. The molecule has 1 unspecified atom stereocenters. The molecule has 8 heteroatoms. The van der Waals surface area contributed by atoms with Crippen LogP contribution in [0.5, 0.6) is 0 Å². The second-order valence-corrected chi connectivity index (χ2v) is 7.98. The van der Waals surface area contributed by atoms with Gasteiger partial charge in [0.15, 0.2) is 22.6 Å². The molecule has 0 amide bonds. The highest BCUT2D eigenvalue weighted by atomic mass is 32.2. The van der Waals surface area contributed by atoms with Crippen molar-refractivity contribution in [3.05, 3.63) is 70.0 Å². The number of rotatable bonds is 9. The Bertz CT molecular complexity index is 1120. The summed E-state index contributed by atoms with van der Waals surface area (Å²) in [7, 11) is 0. The van der Waals surface area contributed by atoms with Crippen LogP contribution in [0.15, 0.2) is 52.4 Å². The second kappa shape index (κ2) is 9.95. The van der Waals surface area contributed by atoms with Crippen molar-refractivity contribution in [3.63, 3.8) is 0 Å². The molecule has 3 rings (SSSR count). The normalized spacial score (nSPS) is 12.3. The van der Waals surface area contributed by atoms with E-state index in [4.69, 9.17) is 4.74 Å². The molecule has 1 atom stereocenters. The molecule has 3 aromatic rings. The summed E-state index contributed by atoms with van der Waals surface area (Å²) in [5.74, 6) is -2.46. The van der Waals surface area contributed by atoms with Gasteiger partial charge in [-0.05, 0) is 50.6 Å². The zero-order valence-corrected chi connectivity index (χ0v) is 17.5. The summed E-state index contributed by atoms with van der Waals surface area (Å²) < 4.78 is 33.6. The van der Waals surface area contributed by atoms with Gasteiger partial charge in [0, 0.05) is 25.3 Å². The summed E-state index contributed by atoms with van der Waals surface area (Å²) in [5.41, 5.74) is 0.422. The van der Waals surface area contributed by atoms with Gasteiger partial charge in [-0.1, -0.05) is 23.9 Å². The lowest BCUT2D eigenvalue weighted by molar-refractivity contribution is 0.0993. The Hall–Kier alpha value is -2.58. The zero-order chi connectivity index (χ0) is 21.7. The Morgan fingerprint density at radius 1 is 1.20 bits per heavy atom. The van der Waals surface area contributed by atoms with Crippen LogP contribution in [0.3, 0.4) is 0 Å². The van der Waals surface area contributed by atoms with Crippen LogP contribution < -0.4 is 5.56 Å². The summed E-state index contributed by atoms with van der Waals surface area (Å²) in [6, 6.07) is 10.1. The van der Waals surface area contributed by atoms with Crippen LogP contribution in [0.25, 0.3) is 10.9 Å². The fraction of sp³-hybridized carbons (Fsp3) is 0.318. The summed E-state index contributed by atoms with van der Waals surface area (Å²) in [5, 5.41) is 0.248. The minimum atomic E-state index is -1.07. The number of thioether (sulfide) groups is 1. The summed E-state index contributed by atoms with van der Waals surface area (Å²) >= 11 is 1.12. The van der Waals surface area contributed by atoms with Gasteiger partial charge >= 0.3 is 0 Å². The van der Waals surface area contributed by atoms with Gasteiger partial charge in [0.25, 0.3) is 5.56 Å². The van der Waals surface area contributed by atoms with E-state index < -0.39 is 16.9 Å². The molecular formula is C22H22F2N2O3S.